The van der Waals surface area contributed by atoms with Crippen LogP contribution in [-0.4, -0.2) is 27.4 Å². The lowest BCUT2D eigenvalue weighted by molar-refractivity contribution is -0.117. The lowest BCUT2D eigenvalue weighted by Crippen LogP contribution is -2.26. The molecule has 5 nitrogen and oxygen atoms in total. The molecule has 1 aromatic heterocycles. The number of nitrogens with zero attached hydrogens (tertiary/aromatic N) is 4. The summed E-state index contributed by atoms with van der Waals surface area (Å²) in [6, 6.07) is 0. The minimum absolute atomic E-state index is 0.109. The van der Waals surface area contributed by atoms with Crippen molar-refractivity contribution in [1.82, 2.24) is 15.0 Å². The maximum absolute atomic E-state index is 11.4. The lowest BCUT2D eigenvalue weighted by Gasteiger charge is -2.12. The molecule has 1 aliphatic heterocycles. The maximum Gasteiger partial charge on any atom is 0.235 e. The fraction of sp³-hybridized carbons (Fsp3) is 0.556. The van der Waals surface area contributed by atoms with Crippen LogP contribution in [0.3, 0.4) is 0 Å². The number of hydrogen-bond acceptors (Lipinski definition) is 4. The monoisotopic (exact) mass is 192 g/mol. The van der Waals surface area contributed by atoms with Crippen LogP contribution in [0.4, 0.5) is 5.95 Å². The highest BCUT2D eigenvalue weighted by atomic mass is 16.2. The number of anilines is 1. The molecule has 2 heterocycles. The van der Waals surface area contributed by atoms with E-state index in [-0.39, 0.29) is 5.91 Å². The third kappa shape index (κ3) is 1.57. The van der Waals surface area contributed by atoms with E-state index in [0.717, 1.165) is 25.2 Å². The average Bonchev–Trinajstić information content (AvgIpc) is 2.65. The summed E-state index contributed by atoms with van der Waals surface area (Å²) in [6.07, 6.45) is 3.73. The summed E-state index contributed by atoms with van der Waals surface area (Å²) in [7, 11) is 0. The Morgan fingerprint density at radius 1 is 1.50 bits per heavy atom. The quantitative estimate of drug-likeness (QED) is 0.687. The minimum Gasteiger partial charge on any atom is -0.281 e. The van der Waals surface area contributed by atoms with Gasteiger partial charge in [-0.3, -0.25) is 9.69 Å². The molecule has 1 saturated heterocycles. The van der Waals surface area contributed by atoms with Crippen LogP contribution in [0.15, 0.2) is 6.33 Å². The molecule has 1 amide bonds. The first kappa shape index (κ1) is 9.05. The van der Waals surface area contributed by atoms with Crippen LogP contribution in [-0.2, 0) is 11.2 Å². The summed E-state index contributed by atoms with van der Waals surface area (Å²) in [5.74, 6) is 1.34. The van der Waals surface area contributed by atoms with Gasteiger partial charge >= 0.3 is 0 Å². The van der Waals surface area contributed by atoms with E-state index in [2.05, 4.69) is 15.0 Å². The van der Waals surface area contributed by atoms with Gasteiger partial charge in [-0.2, -0.15) is 4.98 Å². The van der Waals surface area contributed by atoms with Crippen molar-refractivity contribution >= 4 is 11.9 Å². The molecule has 74 valence electrons. The summed E-state index contributed by atoms with van der Waals surface area (Å²) in [4.78, 5) is 25.2. The lowest BCUT2D eigenvalue weighted by atomic mass is 10.4. The van der Waals surface area contributed by atoms with Crippen LogP contribution in [0.5, 0.6) is 0 Å². The van der Waals surface area contributed by atoms with Crippen LogP contribution in [0.25, 0.3) is 0 Å². The Hall–Kier alpha value is -1.52. The first-order chi connectivity index (χ1) is 6.81. The maximum atomic E-state index is 11.4. The third-order valence-electron chi connectivity index (χ3n) is 2.24. The van der Waals surface area contributed by atoms with E-state index in [0.29, 0.717) is 12.4 Å². The van der Waals surface area contributed by atoms with Crippen molar-refractivity contribution < 1.29 is 4.79 Å². The number of amides is 1. The molecule has 1 fully saturated rings. The van der Waals surface area contributed by atoms with Crippen molar-refractivity contribution in [2.75, 3.05) is 11.4 Å². The molecule has 0 saturated carbocycles. The Labute approximate surface area is 82.2 Å². The minimum atomic E-state index is 0.109. The van der Waals surface area contributed by atoms with Crippen LogP contribution in [0, 0.1) is 0 Å². The topological polar surface area (TPSA) is 59.0 Å². The fourth-order valence-electron chi connectivity index (χ4n) is 1.48. The summed E-state index contributed by atoms with van der Waals surface area (Å²) >= 11 is 0. The number of rotatable bonds is 2. The zero-order chi connectivity index (χ0) is 9.97. The Balaban J connectivity index is 2.26. The van der Waals surface area contributed by atoms with Crippen molar-refractivity contribution in [2.24, 2.45) is 0 Å². The van der Waals surface area contributed by atoms with Gasteiger partial charge in [-0.05, 0) is 6.42 Å². The smallest absolute Gasteiger partial charge is 0.235 e. The molecule has 0 N–H and O–H groups in total. The van der Waals surface area contributed by atoms with Gasteiger partial charge in [0.2, 0.25) is 11.9 Å². The van der Waals surface area contributed by atoms with E-state index in [4.69, 9.17) is 0 Å². The fourth-order valence-corrected chi connectivity index (χ4v) is 1.48. The largest absolute Gasteiger partial charge is 0.281 e. The SMILES string of the molecule is CCc1ncnc(N2CCCC2=O)n1. The van der Waals surface area contributed by atoms with Gasteiger partial charge in [-0.25, -0.2) is 9.97 Å². The van der Waals surface area contributed by atoms with Gasteiger partial charge in [0, 0.05) is 19.4 Å². The zero-order valence-corrected chi connectivity index (χ0v) is 8.10. The predicted molar refractivity (Wildman–Crippen MR) is 50.8 cm³/mol. The van der Waals surface area contributed by atoms with Crippen LogP contribution in [0.1, 0.15) is 25.6 Å². The summed E-state index contributed by atoms with van der Waals surface area (Å²) < 4.78 is 0. The summed E-state index contributed by atoms with van der Waals surface area (Å²) in [5, 5.41) is 0. The number of aryl methyl sites for hydroxylation is 1. The van der Waals surface area contributed by atoms with Crippen molar-refractivity contribution in [3.05, 3.63) is 12.2 Å². The molecular formula is C9H12N4O. The first-order valence-electron chi connectivity index (χ1n) is 4.79. The highest BCUT2D eigenvalue weighted by molar-refractivity contribution is 5.93. The van der Waals surface area contributed by atoms with Crippen LogP contribution < -0.4 is 4.90 Å². The van der Waals surface area contributed by atoms with Crippen molar-refractivity contribution in [1.29, 1.82) is 0 Å². The Kier molecular flexibility index (Phi) is 2.39. The van der Waals surface area contributed by atoms with Gasteiger partial charge in [0.15, 0.2) is 0 Å². The van der Waals surface area contributed by atoms with Gasteiger partial charge in [-0.15, -0.1) is 0 Å². The summed E-state index contributed by atoms with van der Waals surface area (Å²) in [6.45, 7) is 2.71. The predicted octanol–water partition coefficient (Wildman–Crippen LogP) is 0.561. The Morgan fingerprint density at radius 2 is 2.36 bits per heavy atom. The molecule has 0 spiro atoms. The molecule has 0 radical (unpaired) electrons. The summed E-state index contributed by atoms with van der Waals surface area (Å²) in [5.41, 5.74) is 0. The first-order valence-corrected chi connectivity index (χ1v) is 4.79. The number of carbonyl (C=O) groups excluding carboxylic acids is 1. The van der Waals surface area contributed by atoms with Gasteiger partial charge in [0.05, 0.1) is 0 Å². The molecular weight excluding hydrogens is 180 g/mol. The van der Waals surface area contributed by atoms with Crippen molar-refractivity contribution in [3.63, 3.8) is 0 Å². The van der Waals surface area contributed by atoms with E-state index < -0.39 is 0 Å². The highest BCUT2D eigenvalue weighted by Gasteiger charge is 2.23. The Bertz CT molecular complexity index is 352. The number of aromatic nitrogens is 3. The third-order valence-corrected chi connectivity index (χ3v) is 2.24. The van der Waals surface area contributed by atoms with E-state index in [1.807, 2.05) is 6.92 Å². The molecule has 1 aromatic rings. The molecule has 2 rings (SSSR count). The van der Waals surface area contributed by atoms with Gasteiger partial charge in [0.1, 0.15) is 12.2 Å². The second-order valence-corrected chi connectivity index (χ2v) is 3.20. The zero-order valence-electron chi connectivity index (χ0n) is 8.10. The molecule has 1 aliphatic rings. The Morgan fingerprint density at radius 3 is 3.00 bits per heavy atom. The van der Waals surface area contributed by atoms with Gasteiger partial charge < -0.3 is 0 Å². The second kappa shape index (κ2) is 3.69. The molecule has 0 bridgehead atoms. The molecule has 5 heteroatoms. The standard InChI is InChI=1S/C9H12N4O/c1-2-7-10-6-11-9(12-7)13-5-3-4-8(13)14/h6H,2-5H2,1H3. The van der Waals surface area contributed by atoms with Crippen molar-refractivity contribution in [3.8, 4) is 0 Å². The highest BCUT2D eigenvalue weighted by Crippen LogP contribution is 2.15. The molecule has 0 atom stereocenters. The molecule has 14 heavy (non-hydrogen) atoms. The van der Waals surface area contributed by atoms with Crippen LogP contribution >= 0.6 is 0 Å². The molecule has 0 aliphatic carbocycles. The van der Waals surface area contributed by atoms with Gasteiger partial charge in [0.25, 0.3) is 0 Å². The van der Waals surface area contributed by atoms with E-state index in [1.165, 1.54) is 6.33 Å². The van der Waals surface area contributed by atoms with Gasteiger partial charge in [-0.1, -0.05) is 6.92 Å². The van der Waals surface area contributed by atoms with E-state index in [9.17, 15) is 4.79 Å². The second-order valence-electron chi connectivity index (χ2n) is 3.20. The molecule has 0 unspecified atom stereocenters. The number of hydrogen-bond donors (Lipinski definition) is 0. The van der Waals surface area contributed by atoms with Crippen LogP contribution in [0.2, 0.25) is 0 Å². The van der Waals surface area contributed by atoms with Crippen molar-refractivity contribution in [2.45, 2.75) is 26.2 Å². The average molecular weight is 192 g/mol. The van der Waals surface area contributed by atoms with E-state index in [1.54, 1.807) is 4.90 Å². The normalized spacial score (nSPS) is 16.4. The molecule has 0 aromatic carbocycles. The van der Waals surface area contributed by atoms with E-state index >= 15 is 0 Å². The number of carbonyl (C=O) groups is 1.